The van der Waals surface area contributed by atoms with Gasteiger partial charge in [-0.1, -0.05) is 30.2 Å². The van der Waals surface area contributed by atoms with E-state index in [1.807, 2.05) is 12.1 Å². The molecule has 0 radical (unpaired) electrons. The number of carbonyl (C=O) groups is 1. The van der Waals surface area contributed by atoms with E-state index >= 15 is 0 Å². The van der Waals surface area contributed by atoms with Crippen molar-refractivity contribution < 1.29 is 9.53 Å². The molecule has 4 N–H and O–H groups in total. The van der Waals surface area contributed by atoms with Crippen molar-refractivity contribution in [1.29, 1.82) is 5.41 Å². The molecular weight excluding hydrogens is 414 g/mol. The number of ether oxygens (including phenoxy) is 1. The number of guanidine groups is 1. The Labute approximate surface area is 186 Å². The molecule has 1 aromatic heterocycles. The third-order valence-electron chi connectivity index (χ3n) is 5.57. The summed E-state index contributed by atoms with van der Waals surface area (Å²) in [6.07, 6.45) is 3.89. The van der Waals surface area contributed by atoms with Crippen LogP contribution in [0.15, 0.2) is 42.5 Å². The van der Waals surface area contributed by atoms with Gasteiger partial charge in [0, 0.05) is 31.1 Å². The smallest absolute Gasteiger partial charge is 0.276 e. The van der Waals surface area contributed by atoms with Crippen molar-refractivity contribution in [2.45, 2.75) is 25.8 Å². The average Bonchev–Trinajstić information content (AvgIpc) is 3.19. The zero-order chi connectivity index (χ0) is 22.0. The van der Waals surface area contributed by atoms with Gasteiger partial charge in [0.1, 0.15) is 17.2 Å². The number of H-pyrrole nitrogens is 1. The van der Waals surface area contributed by atoms with Crippen LogP contribution in [0.25, 0.3) is 10.9 Å². The molecule has 2 aromatic carbocycles. The number of nitrogens with one attached hydrogen (secondary N) is 2. The fraction of sp³-hybridized carbons (Fsp3) is 0.304. The molecule has 7 nitrogen and oxygen atoms in total. The number of carbonyl (C=O) groups excluding carboxylic acids is 1. The minimum absolute atomic E-state index is 0.300. The van der Waals surface area contributed by atoms with Crippen LogP contribution in [0, 0.1) is 5.41 Å². The number of aromatic nitrogens is 1. The van der Waals surface area contributed by atoms with Gasteiger partial charge in [-0.25, -0.2) is 0 Å². The van der Waals surface area contributed by atoms with E-state index in [0.29, 0.717) is 27.4 Å². The van der Waals surface area contributed by atoms with E-state index in [0.717, 1.165) is 17.2 Å². The summed E-state index contributed by atoms with van der Waals surface area (Å²) in [5, 5.41) is 8.59. The summed E-state index contributed by atoms with van der Waals surface area (Å²) in [6.45, 7) is 3.30. The van der Waals surface area contributed by atoms with E-state index in [4.69, 9.17) is 27.5 Å². The maximum Gasteiger partial charge on any atom is 0.276 e. The van der Waals surface area contributed by atoms with Crippen molar-refractivity contribution in [3.8, 4) is 11.5 Å². The number of benzene rings is 2. The fourth-order valence-electron chi connectivity index (χ4n) is 3.81. The van der Waals surface area contributed by atoms with Gasteiger partial charge >= 0.3 is 0 Å². The highest BCUT2D eigenvalue weighted by molar-refractivity contribution is 6.35. The van der Waals surface area contributed by atoms with E-state index in [1.54, 1.807) is 18.2 Å². The third kappa shape index (κ3) is 4.84. The number of rotatable bonds is 5. The number of hydrogen-bond donors (Lipinski definition) is 3. The normalized spacial score (nSPS) is 14.5. The van der Waals surface area contributed by atoms with Gasteiger partial charge in [-0.2, -0.15) is 0 Å². The number of amides is 1. The second-order valence-electron chi connectivity index (χ2n) is 7.88. The van der Waals surface area contributed by atoms with Crippen LogP contribution in [0.3, 0.4) is 0 Å². The number of fused-ring (bicyclic) bond motifs is 1. The van der Waals surface area contributed by atoms with Crippen molar-refractivity contribution in [1.82, 2.24) is 14.8 Å². The summed E-state index contributed by atoms with van der Waals surface area (Å²) in [6, 6.07) is 13.3. The third-order valence-corrected chi connectivity index (χ3v) is 5.88. The quantitative estimate of drug-likeness (QED) is 0.400. The van der Waals surface area contributed by atoms with Crippen LogP contribution in [0.2, 0.25) is 5.02 Å². The van der Waals surface area contributed by atoms with Crippen molar-refractivity contribution in [3.63, 3.8) is 0 Å². The molecule has 4 rings (SSSR count). The lowest BCUT2D eigenvalue weighted by atomic mass is 10.1. The summed E-state index contributed by atoms with van der Waals surface area (Å²) >= 11 is 6.42. The van der Waals surface area contributed by atoms with Gasteiger partial charge in [0.2, 0.25) is 0 Å². The van der Waals surface area contributed by atoms with Crippen molar-refractivity contribution in [2.24, 2.45) is 5.73 Å². The van der Waals surface area contributed by atoms with E-state index < -0.39 is 5.91 Å². The highest BCUT2D eigenvalue weighted by Gasteiger charge is 2.18. The Morgan fingerprint density at radius 3 is 2.55 bits per heavy atom. The maximum absolute atomic E-state index is 12.4. The van der Waals surface area contributed by atoms with Crippen LogP contribution in [-0.2, 0) is 6.54 Å². The molecule has 0 spiro atoms. The van der Waals surface area contributed by atoms with E-state index in [1.165, 1.54) is 45.0 Å². The minimum atomic E-state index is -0.411. The SMILES string of the molecule is CN(C(=N)N)C(=O)c1cc2c(Cl)cc(Oc3ccc(CN4CCCCC4)cc3)cc2[nH]1. The molecule has 162 valence electrons. The molecule has 0 bridgehead atoms. The summed E-state index contributed by atoms with van der Waals surface area (Å²) in [4.78, 5) is 19.0. The summed E-state index contributed by atoms with van der Waals surface area (Å²) < 4.78 is 6.00. The van der Waals surface area contributed by atoms with Gasteiger partial charge in [-0.15, -0.1) is 0 Å². The Hall–Kier alpha value is -3.03. The number of halogens is 1. The van der Waals surface area contributed by atoms with Gasteiger partial charge in [0.25, 0.3) is 5.91 Å². The standard InChI is InChI=1S/C23H26ClN5O2/c1-28(23(25)26)22(30)21-13-18-19(24)11-17(12-20(18)27-21)31-16-7-5-15(6-8-16)14-29-9-3-2-4-10-29/h5-8,11-13,27H,2-4,9-10,14H2,1H3,(H3,25,26). The Morgan fingerprint density at radius 1 is 1.16 bits per heavy atom. The maximum atomic E-state index is 12.4. The lowest BCUT2D eigenvalue weighted by molar-refractivity contribution is 0.0864. The molecule has 0 saturated carbocycles. The zero-order valence-electron chi connectivity index (χ0n) is 17.5. The highest BCUT2D eigenvalue weighted by Crippen LogP contribution is 2.32. The van der Waals surface area contributed by atoms with Crippen LogP contribution in [0.1, 0.15) is 35.3 Å². The van der Waals surface area contributed by atoms with E-state index in [-0.39, 0.29) is 5.96 Å². The predicted molar refractivity (Wildman–Crippen MR) is 123 cm³/mol. The number of nitrogens with two attached hydrogens (primary N) is 1. The zero-order valence-corrected chi connectivity index (χ0v) is 18.2. The van der Waals surface area contributed by atoms with Gasteiger partial charge in [0.05, 0.1) is 10.5 Å². The van der Waals surface area contributed by atoms with Crippen LogP contribution in [0.4, 0.5) is 0 Å². The van der Waals surface area contributed by atoms with E-state index in [2.05, 4.69) is 22.0 Å². The molecular formula is C23H26ClN5O2. The Morgan fingerprint density at radius 2 is 1.87 bits per heavy atom. The molecule has 1 amide bonds. The highest BCUT2D eigenvalue weighted by atomic mass is 35.5. The first-order valence-electron chi connectivity index (χ1n) is 10.3. The summed E-state index contributed by atoms with van der Waals surface area (Å²) in [5.74, 6) is 0.549. The topological polar surface area (TPSA) is 98.4 Å². The lowest BCUT2D eigenvalue weighted by Gasteiger charge is -2.26. The number of piperidine rings is 1. The molecule has 31 heavy (non-hydrogen) atoms. The van der Waals surface area contributed by atoms with Gasteiger partial charge in [-0.05, 0) is 49.7 Å². The van der Waals surface area contributed by atoms with Crippen molar-refractivity contribution in [3.05, 3.63) is 58.7 Å². The van der Waals surface area contributed by atoms with Gasteiger partial charge < -0.3 is 15.5 Å². The van der Waals surface area contributed by atoms with Crippen molar-refractivity contribution in [2.75, 3.05) is 20.1 Å². The van der Waals surface area contributed by atoms with Gasteiger partial charge in [-0.3, -0.25) is 20.0 Å². The molecule has 3 aromatic rings. The summed E-state index contributed by atoms with van der Waals surface area (Å²) in [5.41, 5.74) is 7.64. The van der Waals surface area contributed by atoms with Crippen LogP contribution >= 0.6 is 11.6 Å². The second-order valence-corrected chi connectivity index (χ2v) is 8.29. The molecule has 1 fully saturated rings. The minimum Gasteiger partial charge on any atom is -0.457 e. The molecule has 0 unspecified atom stereocenters. The van der Waals surface area contributed by atoms with Gasteiger partial charge in [0.15, 0.2) is 5.96 Å². The molecule has 0 aliphatic carbocycles. The summed E-state index contributed by atoms with van der Waals surface area (Å²) in [7, 11) is 1.45. The Kier molecular flexibility index (Phi) is 6.15. The Balaban J connectivity index is 1.49. The van der Waals surface area contributed by atoms with E-state index in [9.17, 15) is 4.79 Å². The number of aromatic amines is 1. The monoisotopic (exact) mass is 439 g/mol. The molecule has 0 atom stereocenters. The Bertz CT molecular complexity index is 1100. The molecule has 1 aliphatic rings. The van der Waals surface area contributed by atoms with Crippen molar-refractivity contribution >= 4 is 34.4 Å². The average molecular weight is 440 g/mol. The number of hydrogen-bond acceptors (Lipinski definition) is 4. The van der Waals surface area contributed by atoms with Crippen LogP contribution in [-0.4, -0.2) is 46.8 Å². The molecule has 2 heterocycles. The molecule has 1 aliphatic heterocycles. The number of nitrogens with zero attached hydrogens (tertiary/aromatic N) is 2. The lowest BCUT2D eigenvalue weighted by Crippen LogP contribution is -2.38. The van der Waals surface area contributed by atoms with Crippen LogP contribution < -0.4 is 10.5 Å². The van der Waals surface area contributed by atoms with Crippen LogP contribution in [0.5, 0.6) is 11.5 Å². The first kappa shape index (κ1) is 21.2. The fourth-order valence-corrected chi connectivity index (χ4v) is 4.07. The number of likely N-dealkylation sites (tertiary alicyclic amines) is 1. The molecule has 8 heteroatoms. The first-order valence-corrected chi connectivity index (χ1v) is 10.7. The second kappa shape index (κ2) is 8.99. The largest absolute Gasteiger partial charge is 0.457 e. The predicted octanol–water partition coefficient (Wildman–Crippen LogP) is 4.56. The molecule has 1 saturated heterocycles. The first-order chi connectivity index (χ1) is 14.9.